The van der Waals surface area contributed by atoms with Crippen molar-refractivity contribution in [2.45, 2.75) is 19.1 Å². The van der Waals surface area contributed by atoms with E-state index in [2.05, 4.69) is 24.2 Å². The Kier molecular flexibility index (Phi) is 6.84. The molecular weight excluding hydrogens is 224 g/mol. The number of rotatable bonds is 7. The minimum Gasteiger partial charge on any atom is -0.382 e. The van der Waals surface area contributed by atoms with Gasteiger partial charge >= 0.3 is 0 Å². The largest absolute Gasteiger partial charge is 0.382 e. The Hall–Kier alpha value is -0.260. The normalized spacial score (nSPS) is 20.2. The maximum absolute atomic E-state index is 5.36. The molecule has 0 bridgehead atoms. The van der Waals surface area contributed by atoms with Crippen LogP contribution in [0.1, 0.15) is 13.8 Å². The summed E-state index contributed by atoms with van der Waals surface area (Å²) in [5.74, 6) is 0.686. The number of amidine groups is 1. The van der Waals surface area contributed by atoms with Crippen LogP contribution in [0, 0.1) is 5.92 Å². The third-order valence-corrected chi connectivity index (χ3v) is 3.87. The second-order valence-corrected chi connectivity index (χ2v) is 5.31. The van der Waals surface area contributed by atoms with Crippen LogP contribution < -0.4 is 5.32 Å². The highest BCUT2D eigenvalue weighted by Crippen LogP contribution is 2.25. The molecule has 0 amide bonds. The average molecular weight is 246 g/mol. The lowest BCUT2D eigenvalue weighted by molar-refractivity contribution is 0.0734. The van der Waals surface area contributed by atoms with Gasteiger partial charge in [-0.1, -0.05) is 25.6 Å². The van der Waals surface area contributed by atoms with Crippen LogP contribution in [-0.4, -0.2) is 50.4 Å². The predicted octanol–water partition coefficient (Wildman–Crippen LogP) is 1.37. The summed E-state index contributed by atoms with van der Waals surface area (Å²) in [6.07, 6.45) is 0. The van der Waals surface area contributed by atoms with Crippen molar-refractivity contribution in [3.8, 4) is 0 Å². The average Bonchev–Trinajstić information content (AvgIpc) is 2.72. The number of nitrogens with one attached hydrogen (secondary N) is 1. The Morgan fingerprint density at radius 2 is 2.25 bits per heavy atom. The molecule has 1 unspecified atom stereocenters. The first-order valence-electron chi connectivity index (χ1n) is 5.75. The standard InChI is InChI=1S/C11H22N2O2S/c1-9(2)10-8-13-11(16-10)12-4-5-15-7-6-14-3/h9-10H,4-8H2,1-3H3,(H,12,13). The molecule has 1 N–H and O–H groups in total. The highest BCUT2D eigenvalue weighted by molar-refractivity contribution is 8.14. The molecule has 0 radical (unpaired) electrons. The van der Waals surface area contributed by atoms with Gasteiger partial charge in [0.05, 0.1) is 26.4 Å². The minimum absolute atomic E-state index is 0.636. The molecule has 5 heteroatoms. The van der Waals surface area contributed by atoms with Gasteiger partial charge in [0.25, 0.3) is 0 Å². The summed E-state index contributed by atoms with van der Waals surface area (Å²) in [6.45, 7) is 8.26. The van der Waals surface area contributed by atoms with E-state index in [1.54, 1.807) is 7.11 Å². The van der Waals surface area contributed by atoms with Gasteiger partial charge in [0, 0.05) is 18.9 Å². The van der Waals surface area contributed by atoms with E-state index in [0.717, 1.165) is 18.3 Å². The highest BCUT2D eigenvalue weighted by Gasteiger charge is 2.21. The van der Waals surface area contributed by atoms with E-state index in [0.29, 0.717) is 31.0 Å². The molecule has 16 heavy (non-hydrogen) atoms. The fourth-order valence-corrected chi connectivity index (χ4v) is 2.35. The van der Waals surface area contributed by atoms with Gasteiger partial charge in [-0.25, -0.2) is 0 Å². The van der Waals surface area contributed by atoms with Gasteiger partial charge in [-0.3, -0.25) is 4.99 Å². The molecule has 0 saturated heterocycles. The zero-order valence-electron chi connectivity index (χ0n) is 10.4. The van der Waals surface area contributed by atoms with Crippen LogP contribution in [0.25, 0.3) is 0 Å². The fraction of sp³-hybridized carbons (Fsp3) is 0.909. The van der Waals surface area contributed by atoms with Gasteiger partial charge in [0.2, 0.25) is 0 Å². The number of aliphatic imine (C=N–C) groups is 1. The predicted molar refractivity (Wildman–Crippen MR) is 69.2 cm³/mol. The SMILES string of the molecule is COCCOCCNC1=NCC(C(C)C)S1. The first kappa shape index (κ1) is 13.8. The Balaban J connectivity index is 1.98. The molecule has 0 aliphatic carbocycles. The molecule has 0 aromatic rings. The maximum Gasteiger partial charge on any atom is 0.157 e. The summed E-state index contributed by atoms with van der Waals surface area (Å²) in [5.41, 5.74) is 0. The summed E-state index contributed by atoms with van der Waals surface area (Å²) in [6, 6.07) is 0. The maximum atomic E-state index is 5.36. The number of hydrogen-bond acceptors (Lipinski definition) is 5. The first-order valence-corrected chi connectivity index (χ1v) is 6.63. The Morgan fingerprint density at radius 1 is 1.44 bits per heavy atom. The second-order valence-electron chi connectivity index (χ2n) is 4.08. The molecule has 1 rings (SSSR count). The van der Waals surface area contributed by atoms with E-state index in [4.69, 9.17) is 9.47 Å². The molecular formula is C11H22N2O2S. The van der Waals surface area contributed by atoms with Crippen molar-refractivity contribution >= 4 is 16.9 Å². The van der Waals surface area contributed by atoms with Crippen molar-refractivity contribution in [3.05, 3.63) is 0 Å². The summed E-state index contributed by atoms with van der Waals surface area (Å²) in [5, 5.41) is 4.99. The van der Waals surface area contributed by atoms with Crippen molar-refractivity contribution < 1.29 is 9.47 Å². The molecule has 0 spiro atoms. The van der Waals surface area contributed by atoms with Crippen molar-refractivity contribution in [3.63, 3.8) is 0 Å². The topological polar surface area (TPSA) is 42.9 Å². The van der Waals surface area contributed by atoms with E-state index in [-0.39, 0.29) is 0 Å². The van der Waals surface area contributed by atoms with Gasteiger partial charge < -0.3 is 14.8 Å². The molecule has 1 atom stereocenters. The fourth-order valence-electron chi connectivity index (χ4n) is 1.31. The van der Waals surface area contributed by atoms with Crippen LogP contribution in [0.4, 0.5) is 0 Å². The van der Waals surface area contributed by atoms with Crippen LogP contribution in [-0.2, 0) is 9.47 Å². The monoisotopic (exact) mass is 246 g/mol. The van der Waals surface area contributed by atoms with Crippen LogP contribution in [0.15, 0.2) is 4.99 Å². The van der Waals surface area contributed by atoms with E-state index in [9.17, 15) is 0 Å². The zero-order valence-corrected chi connectivity index (χ0v) is 11.2. The third kappa shape index (κ3) is 5.18. The number of hydrogen-bond donors (Lipinski definition) is 1. The number of methoxy groups -OCH3 is 1. The second kappa shape index (κ2) is 7.92. The summed E-state index contributed by atoms with van der Waals surface area (Å²) < 4.78 is 10.2. The van der Waals surface area contributed by atoms with Gasteiger partial charge in [-0.05, 0) is 5.92 Å². The van der Waals surface area contributed by atoms with Crippen LogP contribution in [0.5, 0.6) is 0 Å². The molecule has 0 aromatic heterocycles. The number of nitrogens with zero attached hydrogens (tertiary/aromatic N) is 1. The molecule has 94 valence electrons. The van der Waals surface area contributed by atoms with Gasteiger partial charge in [-0.2, -0.15) is 0 Å². The van der Waals surface area contributed by atoms with E-state index in [1.807, 2.05) is 11.8 Å². The quantitative estimate of drug-likeness (QED) is 0.689. The third-order valence-electron chi connectivity index (χ3n) is 2.38. The highest BCUT2D eigenvalue weighted by atomic mass is 32.2. The summed E-state index contributed by atoms with van der Waals surface area (Å²) in [4.78, 5) is 4.46. The molecule has 0 aromatic carbocycles. The Morgan fingerprint density at radius 3 is 2.88 bits per heavy atom. The molecule has 1 heterocycles. The van der Waals surface area contributed by atoms with E-state index < -0.39 is 0 Å². The lowest BCUT2D eigenvalue weighted by atomic mass is 10.1. The van der Waals surface area contributed by atoms with Crippen LogP contribution in [0.3, 0.4) is 0 Å². The van der Waals surface area contributed by atoms with Crippen molar-refractivity contribution in [2.24, 2.45) is 10.9 Å². The smallest absolute Gasteiger partial charge is 0.157 e. The minimum atomic E-state index is 0.636. The lowest BCUT2D eigenvalue weighted by Crippen LogP contribution is -2.25. The molecule has 0 fully saturated rings. The molecule has 1 aliphatic rings. The summed E-state index contributed by atoms with van der Waals surface area (Å²) in [7, 11) is 1.68. The van der Waals surface area contributed by atoms with E-state index in [1.165, 1.54) is 0 Å². The van der Waals surface area contributed by atoms with E-state index >= 15 is 0 Å². The van der Waals surface area contributed by atoms with Crippen molar-refractivity contribution in [1.29, 1.82) is 0 Å². The van der Waals surface area contributed by atoms with Crippen molar-refractivity contribution in [1.82, 2.24) is 5.32 Å². The molecule has 4 nitrogen and oxygen atoms in total. The van der Waals surface area contributed by atoms with Crippen LogP contribution >= 0.6 is 11.8 Å². The Labute approximate surface area is 102 Å². The summed E-state index contributed by atoms with van der Waals surface area (Å²) >= 11 is 1.85. The number of ether oxygens (including phenoxy) is 2. The Bertz CT molecular complexity index is 222. The first-order chi connectivity index (χ1) is 7.74. The van der Waals surface area contributed by atoms with Crippen LogP contribution in [0.2, 0.25) is 0 Å². The lowest BCUT2D eigenvalue weighted by Gasteiger charge is -2.12. The number of thioether (sulfide) groups is 1. The molecule has 1 aliphatic heterocycles. The van der Waals surface area contributed by atoms with Gasteiger partial charge in [0.1, 0.15) is 0 Å². The van der Waals surface area contributed by atoms with Crippen molar-refractivity contribution in [2.75, 3.05) is 40.0 Å². The van der Waals surface area contributed by atoms with Gasteiger partial charge in [0.15, 0.2) is 5.17 Å². The molecule has 0 saturated carbocycles. The van der Waals surface area contributed by atoms with Gasteiger partial charge in [-0.15, -0.1) is 0 Å². The zero-order chi connectivity index (χ0) is 11.8.